The third-order valence-electron chi connectivity index (χ3n) is 11.0. The average molecular weight is 1080 g/mol. The molecule has 0 aliphatic carbocycles. The van der Waals surface area contributed by atoms with Crippen LogP contribution in [-0.2, 0) is 44.9 Å². The number of benzene rings is 1. The second kappa shape index (κ2) is 30.2. The Bertz CT molecular complexity index is 1770. The van der Waals surface area contributed by atoms with Gasteiger partial charge in [0.1, 0.15) is 0 Å². The number of carboxylic acid groups (broad SMARTS) is 3. The maximum absolute atomic E-state index is 13.6. The van der Waals surface area contributed by atoms with Crippen molar-refractivity contribution in [3.8, 4) is 0 Å². The molecular weight excluding hydrogens is 1010 g/mol. The predicted molar refractivity (Wildman–Crippen MR) is 237 cm³/mol. The number of carbonyl (C=O) groups is 9. The molecule has 0 unspecified atom stereocenters. The van der Waals surface area contributed by atoms with Crippen molar-refractivity contribution in [2.45, 2.75) is 45.7 Å². The molecule has 2 aliphatic heterocycles. The Hall–Kier alpha value is -4.10. The molecular formula is C42H63GdN9O12S. The molecule has 0 saturated carbocycles. The first-order valence-corrected chi connectivity index (χ1v) is 22.7. The molecule has 6 amide bonds. The Morgan fingerprint density at radius 1 is 0.723 bits per heavy atom. The number of imide groups is 1. The average Bonchev–Trinajstić information content (AvgIpc) is 3.56. The summed E-state index contributed by atoms with van der Waals surface area (Å²) in [5, 5.41) is 39.4. The van der Waals surface area contributed by atoms with Crippen LogP contribution in [0.15, 0.2) is 36.4 Å². The molecule has 3 atom stereocenters. The van der Waals surface area contributed by atoms with Crippen LogP contribution in [0.5, 0.6) is 0 Å². The van der Waals surface area contributed by atoms with E-state index in [2.05, 4.69) is 21.3 Å². The Morgan fingerprint density at radius 2 is 1.20 bits per heavy atom. The van der Waals surface area contributed by atoms with Crippen LogP contribution < -0.4 is 21.3 Å². The molecule has 1 fully saturated rings. The Labute approximate surface area is 415 Å². The van der Waals surface area contributed by atoms with Crippen molar-refractivity contribution in [1.29, 1.82) is 0 Å². The molecule has 1 aromatic carbocycles. The summed E-state index contributed by atoms with van der Waals surface area (Å²) in [6.07, 6.45) is 5.03. The first-order valence-electron chi connectivity index (χ1n) is 21.3. The van der Waals surface area contributed by atoms with E-state index in [1.807, 2.05) is 25.0 Å². The molecule has 65 heavy (non-hydrogen) atoms. The number of urea groups is 1. The molecule has 23 heteroatoms. The van der Waals surface area contributed by atoms with Crippen LogP contribution in [0.25, 0.3) is 0 Å². The third-order valence-corrected chi connectivity index (χ3v) is 11.6. The second-order valence-corrected chi connectivity index (χ2v) is 16.8. The van der Waals surface area contributed by atoms with Gasteiger partial charge in [-0.25, -0.2) is 4.79 Å². The molecule has 3 rings (SSSR count). The van der Waals surface area contributed by atoms with E-state index in [1.165, 1.54) is 23.9 Å². The zero-order valence-corrected chi connectivity index (χ0v) is 40.2. The number of carbonyl (C=O) groups excluding carboxylic acids is 6. The van der Waals surface area contributed by atoms with Crippen LogP contribution in [0.3, 0.4) is 0 Å². The minimum atomic E-state index is -1.05. The Morgan fingerprint density at radius 3 is 1.65 bits per heavy atom. The molecule has 1 aromatic rings. The molecule has 1 saturated heterocycles. The van der Waals surface area contributed by atoms with E-state index in [9.17, 15) is 58.5 Å². The number of rotatable bonds is 24. The van der Waals surface area contributed by atoms with Crippen LogP contribution in [-0.4, -0.2) is 203 Å². The van der Waals surface area contributed by atoms with Crippen molar-refractivity contribution in [3.63, 3.8) is 0 Å². The fraction of sp³-hybridized carbons (Fsp3) is 0.595. The van der Waals surface area contributed by atoms with E-state index in [0.717, 1.165) is 10.5 Å². The van der Waals surface area contributed by atoms with Crippen molar-refractivity contribution in [1.82, 2.24) is 40.4 Å². The van der Waals surface area contributed by atoms with Gasteiger partial charge < -0.3 is 36.6 Å². The van der Waals surface area contributed by atoms with Crippen molar-refractivity contribution in [2.75, 3.05) is 109 Å². The maximum Gasteiger partial charge on any atom is 0.319 e. The van der Waals surface area contributed by atoms with Gasteiger partial charge in [0, 0.05) is 142 Å². The van der Waals surface area contributed by atoms with Crippen molar-refractivity contribution < 1.29 is 98.4 Å². The number of amides is 6. The summed E-state index contributed by atoms with van der Waals surface area (Å²) >= 11 is 1.51. The number of nitrogens with zero attached hydrogens (tertiary/aromatic N) is 5. The van der Waals surface area contributed by atoms with Crippen molar-refractivity contribution >= 4 is 70.8 Å². The first-order chi connectivity index (χ1) is 30.5. The van der Waals surface area contributed by atoms with E-state index in [1.54, 1.807) is 39.0 Å². The number of thioether (sulfide) groups is 1. The van der Waals surface area contributed by atoms with Crippen LogP contribution >= 0.6 is 11.8 Å². The minimum absolute atomic E-state index is 0. The molecule has 2 heterocycles. The maximum atomic E-state index is 13.6. The monoisotopic (exact) mass is 1080 g/mol. The number of anilines is 1. The summed E-state index contributed by atoms with van der Waals surface area (Å²) in [5.41, 5.74) is 1.14. The normalized spacial score (nSPS) is 17.1. The van der Waals surface area contributed by atoms with Crippen LogP contribution in [0.1, 0.15) is 38.7 Å². The summed E-state index contributed by atoms with van der Waals surface area (Å²) in [5.74, 6) is -5.35. The van der Waals surface area contributed by atoms with Crippen LogP contribution in [0.2, 0.25) is 0 Å². The number of ketones is 1. The first kappa shape index (κ1) is 57.0. The van der Waals surface area contributed by atoms with E-state index >= 15 is 0 Å². The largest absolute Gasteiger partial charge is 0.480 e. The fourth-order valence-electron chi connectivity index (χ4n) is 7.09. The molecule has 0 radical (unpaired) electrons. The molecule has 0 bridgehead atoms. The van der Waals surface area contributed by atoms with Gasteiger partial charge in [-0.05, 0) is 42.0 Å². The molecule has 7 N–H and O–H groups in total. The molecule has 362 valence electrons. The van der Waals surface area contributed by atoms with E-state index < -0.39 is 47.7 Å². The van der Waals surface area contributed by atoms with Gasteiger partial charge in [-0.2, -0.15) is 11.8 Å². The molecule has 0 spiro atoms. The van der Waals surface area contributed by atoms with E-state index in [0.29, 0.717) is 37.4 Å². The summed E-state index contributed by atoms with van der Waals surface area (Å²) in [4.78, 5) is 119. The third kappa shape index (κ3) is 21.8. The van der Waals surface area contributed by atoms with Crippen molar-refractivity contribution in [2.24, 2.45) is 11.8 Å². The SMILES string of the molecule is CC[C@H](C)[C@H](CC(=O)[C@H](CCSC)NC(=O)Nc1ccc(CNC(=O)CN2CCN(CC(=O)O)CCN(CC(=O)O)CCN(CC(=O)O)CC2)cc1)C(=O)NCCN1C(=O)C=CC1=O.[Gd]. The molecule has 21 nitrogen and oxygen atoms in total. The van der Waals surface area contributed by atoms with Gasteiger partial charge in [-0.1, -0.05) is 32.4 Å². The predicted octanol–water partition coefficient (Wildman–Crippen LogP) is -0.316. The van der Waals surface area contributed by atoms with Gasteiger partial charge >= 0.3 is 23.9 Å². The van der Waals surface area contributed by atoms with Crippen LogP contribution in [0.4, 0.5) is 10.5 Å². The summed E-state index contributed by atoms with van der Waals surface area (Å²) in [6.45, 7) is 5.27. The summed E-state index contributed by atoms with van der Waals surface area (Å²) < 4.78 is 0. The fourth-order valence-corrected chi connectivity index (χ4v) is 7.57. The number of carboxylic acids is 3. The summed E-state index contributed by atoms with van der Waals surface area (Å²) in [6, 6.07) is 5.22. The standard InChI is InChI=1S/C42H63N9O12S.Gd/c1-4-29(2)32(41(62)43-12-13-51-36(54)9-10-37(51)55)23-34(52)33(11-22-64-3)46-42(63)45-31-7-5-30(6-8-31)24-44-35(53)25-47-14-16-48(26-38(56)57)18-20-50(28-40(60)61)21-19-49(17-15-47)27-39(58)59;/h5-10,29,32-33H,4,11-28H2,1-3H3,(H,43,62)(H,44,53)(H,56,57)(H,58,59)(H,60,61)(H2,45,46,63);/t29-,32-,33-;/m0./s1. The number of hydrogen-bond donors (Lipinski definition) is 7. The van der Waals surface area contributed by atoms with Gasteiger partial charge in [-0.3, -0.25) is 62.9 Å². The van der Waals surface area contributed by atoms with Gasteiger partial charge in [0.05, 0.1) is 32.2 Å². The smallest absolute Gasteiger partial charge is 0.319 e. The van der Waals surface area contributed by atoms with Gasteiger partial charge in [0.25, 0.3) is 11.8 Å². The number of aliphatic carboxylic acids is 3. The summed E-state index contributed by atoms with van der Waals surface area (Å²) in [7, 11) is 0. The van der Waals surface area contributed by atoms with E-state index in [-0.39, 0.29) is 155 Å². The zero-order chi connectivity index (χ0) is 47.2. The van der Waals surface area contributed by atoms with Gasteiger partial charge in [-0.15, -0.1) is 0 Å². The number of hydrogen-bond acceptors (Lipinski definition) is 14. The van der Waals surface area contributed by atoms with Gasteiger partial charge in [0.15, 0.2) is 5.78 Å². The van der Waals surface area contributed by atoms with E-state index in [4.69, 9.17) is 0 Å². The van der Waals surface area contributed by atoms with Crippen LogP contribution in [0, 0.1) is 51.8 Å². The zero-order valence-electron chi connectivity index (χ0n) is 37.1. The Balaban J connectivity index is 0.0000145. The number of nitrogens with one attached hydrogen (secondary N) is 4. The topological polar surface area (TPSA) is 279 Å². The minimum Gasteiger partial charge on any atom is -0.480 e. The van der Waals surface area contributed by atoms with Crippen molar-refractivity contribution in [3.05, 3.63) is 42.0 Å². The Kier molecular flexibility index (Phi) is 26.5. The number of Topliss-reactive ketones (excluding diaryl/α,β-unsaturated/α-hetero) is 1. The van der Waals surface area contributed by atoms with Gasteiger partial charge in [0.2, 0.25) is 11.8 Å². The second-order valence-electron chi connectivity index (χ2n) is 15.8. The molecule has 2 aliphatic rings. The molecule has 0 aromatic heterocycles. The quantitative estimate of drug-likeness (QED) is 0.0654.